The second-order valence-electron chi connectivity index (χ2n) is 6.11. The number of Topliss-reactive ketones (excluding diaryl/α,β-unsaturated/α-hetero) is 1. The summed E-state index contributed by atoms with van der Waals surface area (Å²) in [5.41, 5.74) is 3.35. The van der Waals surface area contributed by atoms with E-state index in [2.05, 4.69) is 15.6 Å². The lowest BCUT2D eigenvalue weighted by Crippen LogP contribution is -2.13. The maximum absolute atomic E-state index is 12.6. The van der Waals surface area contributed by atoms with Crippen molar-refractivity contribution in [2.45, 2.75) is 13.8 Å². The lowest BCUT2D eigenvalue weighted by Gasteiger charge is -2.11. The lowest BCUT2D eigenvalue weighted by atomic mass is 10.1. The van der Waals surface area contributed by atoms with Gasteiger partial charge in [-0.3, -0.25) is 9.59 Å². The van der Waals surface area contributed by atoms with Gasteiger partial charge in [0.15, 0.2) is 5.78 Å². The highest BCUT2D eigenvalue weighted by Crippen LogP contribution is 2.22. The number of benzene rings is 2. The van der Waals surface area contributed by atoms with E-state index in [4.69, 9.17) is 11.6 Å². The fraction of sp³-hybridized carbons (Fsp3) is 0.0952. The van der Waals surface area contributed by atoms with E-state index in [1.165, 1.54) is 6.92 Å². The number of carbonyl (C=O) groups is 2. The quantitative estimate of drug-likeness (QED) is 0.594. The first-order valence-electron chi connectivity index (χ1n) is 8.34. The van der Waals surface area contributed by atoms with E-state index in [1.54, 1.807) is 48.7 Å². The van der Waals surface area contributed by atoms with Crippen molar-refractivity contribution in [1.82, 2.24) is 4.98 Å². The van der Waals surface area contributed by atoms with Gasteiger partial charge in [-0.15, -0.1) is 0 Å². The molecule has 1 amide bonds. The first-order chi connectivity index (χ1) is 12.9. The second kappa shape index (κ2) is 8.01. The smallest absolute Gasteiger partial charge is 0.255 e. The first-order valence-corrected chi connectivity index (χ1v) is 8.72. The molecule has 0 aliphatic heterocycles. The van der Waals surface area contributed by atoms with Crippen LogP contribution in [0.5, 0.6) is 0 Å². The number of nitrogens with zero attached hydrogens (tertiary/aromatic N) is 1. The third-order valence-corrected chi connectivity index (χ3v) is 4.25. The minimum atomic E-state index is -0.261. The molecule has 5 nitrogen and oxygen atoms in total. The number of aromatic nitrogens is 1. The van der Waals surface area contributed by atoms with Crippen molar-refractivity contribution in [2.75, 3.05) is 10.6 Å². The highest BCUT2D eigenvalue weighted by Gasteiger charge is 2.10. The Bertz CT molecular complexity index is 1020. The van der Waals surface area contributed by atoms with Crippen LogP contribution in [0.1, 0.15) is 33.2 Å². The molecule has 27 heavy (non-hydrogen) atoms. The van der Waals surface area contributed by atoms with Crippen LogP contribution in [-0.4, -0.2) is 16.7 Å². The summed E-state index contributed by atoms with van der Waals surface area (Å²) in [5, 5.41) is 6.53. The SMILES string of the molecule is CC(=O)c1cccc(Nc2cc(C(=O)Nc3cc(Cl)ccc3C)ccn2)c1. The number of carbonyl (C=O) groups excluding carboxylic acids is 2. The predicted molar refractivity (Wildman–Crippen MR) is 108 cm³/mol. The summed E-state index contributed by atoms with van der Waals surface area (Å²) in [7, 11) is 0. The molecule has 0 saturated heterocycles. The minimum Gasteiger partial charge on any atom is -0.340 e. The Morgan fingerprint density at radius 2 is 1.81 bits per heavy atom. The number of hydrogen-bond acceptors (Lipinski definition) is 4. The largest absolute Gasteiger partial charge is 0.340 e. The fourth-order valence-corrected chi connectivity index (χ4v) is 2.70. The zero-order valence-corrected chi connectivity index (χ0v) is 15.7. The predicted octanol–water partition coefficient (Wildman–Crippen LogP) is 5.24. The zero-order chi connectivity index (χ0) is 19.4. The molecule has 0 aliphatic carbocycles. The lowest BCUT2D eigenvalue weighted by molar-refractivity contribution is 0.101. The highest BCUT2D eigenvalue weighted by atomic mass is 35.5. The van der Waals surface area contributed by atoms with Crippen molar-refractivity contribution in [3.63, 3.8) is 0 Å². The van der Waals surface area contributed by atoms with Crippen LogP contribution < -0.4 is 10.6 Å². The molecular weight excluding hydrogens is 362 g/mol. The van der Waals surface area contributed by atoms with Crippen molar-refractivity contribution < 1.29 is 9.59 Å². The summed E-state index contributed by atoms with van der Waals surface area (Å²) in [6.07, 6.45) is 1.55. The number of halogens is 1. The Labute approximate surface area is 162 Å². The van der Waals surface area contributed by atoms with E-state index in [-0.39, 0.29) is 11.7 Å². The summed E-state index contributed by atoms with van der Waals surface area (Å²) >= 11 is 6.00. The molecule has 3 rings (SSSR count). The van der Waals surface area contributed by atoms with Gasteiger partial charge in [0.1, 0.15) is 5.82 Å². The Morgan fingerprint density at radius 3 is 2.59 bits per heavy atom. The fourth-order valence-electron chi connectivity index (χ4n) is 2.53. The Kier molecular flexibility index (Phi) is 5.52. The van der Waals surface area contributed by atoms with Gasteiger partial charge in [-0.25, -0.2) is 4.98 Å². The van der Waals surface area contributed by atoms with Crippen molar-refractivity contribution in [2.24, 2.45) is 0 Å². The average Bonchev–Trinajstić information content (AvgIpc) is 2.65. The number of aryl methyl sites for hydroxylation is 1. The number of anilines is 3. The second-order valence-corrected chi connectivity index (χ2v) is 6.54. The van der Waals surface area contributed by atoms with Crippen LogP contribution >= 0.6 is 11.6 Å². The Balaban J connectivity index is 1.79. The van der Waals surface area contributed by atoms with Gasteiger partial charge in [0.25, 0.3) is 5.91 Å². The summed E-state index contributed by atoms with van der Waals surface area (Å²) in [6.45, 7) is 3.41. The normalized spacial score (nSPS) is 10.3. The molecule has 0 saturated carbocycles. The van der Waals surface area contributed by atoms with Crippen LogP contribution in [0.25, 0.3) is 0 Å². The summed E-state index contributed by atoms with van der Waals surface area (Å²) in [4.78, 5) is 28.3. The Hall–Kier alpha value is -3.18. The van der Waals surface area contributed by atoms with Crippen LogP contribution in [-0.2, 0) is 0 Å². The van der Waals surface area contributed by atoms with Gasteiger partial charge in [0.05, 0.1) is 0 Å². The molecule has 136 valence electrons. The average molecular weight is 380 g/mol. The standard InChI is InChI=1S/C21H18ClN3O2/c1-13-6-7-17(22)12-19(13)25-21(27)16-8-9-23-20(11-16)24-18-5-3-4-15(10-18)14(2)26/h3-12H,1-2H3,(H,23,24)(H,25,27). The van der Waals surface area contributed by atoms with Crippen molar-refractivity contribution >= 4 is 40.5 Å². The monoisotopic (exact) mass is 379 g/mol. The van der Waals surface area contributed by atoms with Crippen LogP contribution in [0, 0.1) is 6.92 Å². The Morgan fingerprint density at radius 1 is 1.00 bits per heavy atom. The molecule has 0 fully saturated rings. The molecular formula is C21H18ClN3O2. The van der Waals surface area contributed by atoms with Crippen LogP contribution in [0.4, 0.5) is 17.2 Å². The van der Waals surface area contributed by atoms with Crippen molar-refractivity contribution in [3.05, 3.63) is 82.5 Å². The van der Waals surface area contributed by atoms with E-state index < -0.39 is 0 Å². The van der Waals surface area contributed by atoms with E-state index in [0.717, 1.165) is 11.3 Å². The van der Waals surface area contributed by atoms with Crippen LogP contribution in [0.3, 0.4) is 0 Å². The molecule has 1 heterocycles. The maximum atomic E-state index is 12.6. The van der Waals surface area contributed by atoms with Gasteiger partial charge in [0.2, 0.25) is 0 Å². The molecule has 1 aromatic heterocycles. The van der Waals surface area contributed by atoms with E-state index in [9.17, 15) is 9.59 Å². The molecule has 0 atom stereocenters. The molecule has 2 N–H and O–H groups in total. The van der Waals surface area contributed by atoms with E-state index in [1.807, 2.05) is 19.1 Å². The van der Waals surface area contributed by atoms with Gasteiger partial charge in [0, 0.05) is 33.7 Å². The van der Waals surface area contributed by atoms with Gasteiger partial charge < -0.3 is 10.6 Å². The number of pyridine rings is 1. The highest BCUT2D eigenvalue weighted by molar-refractivity contribution is 6.31. The number of hydrogen-bond donors (Lipinski definition) is 2. The van der Waals surface area contributed by atoms with E-state index >= 15 is 0 Å². The molecule has 0 unspecified atom stereocenters. The van der Waals surface area contributed by atoms with Crippen molar-refractivity contribution in [1.29, 1.82) is 0 Å². The van der Waals surface area contributed by atoms with Gasteiger partial charge in [-0.1, -0.05) is 29.8 Å². The van der Waals surface area contributed by atoms with Crippen LogP contribution in [0.2, 0.25) is 5.02 Å². The maximum Gasteiger partial charge on any atom is 0.255 e. The summed E-state index contributed by atoms with van der Waals surface area (Å²) in [6, 6.07) is 15.7. The third kappa shape index (κ3) is 4.71. The van der Waals surface area contributed by atoms with Crippen LogP contribution in [0.15, 0.2) is 60.8 Å². The number of nitrogens with one attached hydrogen (secondary N) is 2. The summed E-state index contributed by atoms with van der Waals surface area (Å²) < 4.78 is 0. The summed E-state index contributed by atoms with van der Waals surface area (Å²) in [5.74, 6) is 0.228. The third-order valence-electron chi connectivity index (χ3n) is 4.01. The number of rotatable bonds is 5. The molecule has 2 aromatic carbocycles. The number of amides is 1. The first kappa shape index (κ1) is 18.6. The number of ketones is 1. The van der Waals surface area contributed by atoms with Gasteiger partial charge in [-0.05, 0) is 55.8 Å². The molecule has 0 radical (unpaired) electrons. The minimum absolute atomic E-state index is 0.0170. The molecule has 3 aromatic rings. The molecule has 6 heteroatoms. The molecule has 0 bridgehead atoms. The molecule has 0 aliphatic rings. The molecule has 0 spiro atoms. The van der Waals surface area contributed by atoms with Gasteiger partial charge in [-0.2, -0.15) is 0 Å². The van der Waals surface area contributed by atoms with Gasteiger partial charge >= 0.3 is 0 Å². The van der Waals surface area contributed by atoms with Crippen molar-refractivity contribution in [3.8, 4) is 0 Å². The zero-order valence-electron chi connectivity index (χ0n) is 14.9. The topological polar surface area (TPSA) is 71.1 Å². The van der Waals surface area contributed by atoms with E-state index in [0.29, 0.717) is 27.7 Å².